The molecule has 0 spiro atoms. The molecule has 0 radical (unpaired) electrons. The van der Waals surface area contributed by atoms with Crippen molar-refractivity contribution in [1.29, 1.82) is 0 Å². The maximum Gasteiger partial charge on any atom is 0.410 e. The molecule has 0 unspecified atom stereocenters. The van der Waals surface area contributed by atoms with Crippen LogP contribution in [0.25, 0.3) is 0 Å². The highest BCUT2D eigenvalue weighted by molar-refractivity contribution is 5.68. The molecule has 106 valence electrons. The Balaban J connectivity index is 1.77. The number of piperidine rings is 1. The van der Waals surface area contributed by atoms with Crippen LogP contribution >= 0.6 is 0 Å². The molecule has 6 nitrogen and oxygen atoms in total. The van der Waals surface area contributed by atoms with Gasteiger partial charge in [-0.05, 0) is 39.5 Å². The van der Waals surface area contributed by atoms with Crippen LogP contribution in [0.15, 0.2) is 12.4 Å². The SMILES string of the molecule is CC(C)(C)OC(=O)N1CCC(Cn2nccn2)CC1. The van der Waals surface area contributed by atoms with Gasteiger partial charge in [0.2, 0.25) is 0 Å². The molecule has 6 heteroatoms. The number of amides is 1. The second kappa shape index (κ2) is 5.59. The molecule has 1 fully saturated rings. The fourth-order valence-electron chi connectivity index (χ4n) is 2.19. The normalized spacial score (nSPS) is 17.5. The van der Waals surface area contributed by atoms with Gasteiger partial charge >= 0.3 is 6.09 Å². The summed E-state index contributed by atoms with van der Waals surface area (Å²) in [6.07, 6.45) is 5.12. The number of likely N-dealkylation sites (tertiary alicyclic amines) is 1. The van der Waals surface area contributed by atoms with Gasteiger partial charge in [-0.15, -0.1) is 0 Å². The first-order chi connectivity index (χ1) is 8.94. The lowest BCUT2D eigenvalue weighted by molar-refractivity contribution is 0.0175. The minimum atomic E-state index is -0.424. The third-order valence-corrected chi connectivity index (χ3v) is 3.15. The molecule has 0 N–H and O–H groups in total. The smallest absolute Gasteiger partial charge is 0.410 e. The van der Waals surface area contributed by atoms with Gasteiger partial charge < -0.3 is 9.64 Å². The molecule has 0 bridgehead atoms. The van der Waals surface area contributed by atoms with E-state index in [2.05, 4.69) is 10.2 Å². The molecule has 1 aliphatic heterocycles. The summed E-state index contributed by atoms with van der Waals surface area (Å²) in [6, 6.07) is 0. The molecule has 2 heterocycles. The maximum absolute atomic E-state index is 11.9. The van der Waals surface area contributed by atoms with Gasteiger partial charge in [0.1, 0.15) is 5.60 Å². The van der Waals surface area contributed by atoms with Gasteiger partial charge in [-0.2, -0.15) is 15.0 Å². The van der Waals surface area contributed by atoms with Crippen LogP contribution in [0, 0.1) is 5.92 Å². The van der Waals surface area contributed by atoms with Crippen molar-refractivity contribution in [1.82, 2.24) is 19.9 Å². The first-order valence-electron chi connectivity index (χ1n) is 6.76. The highest BCUT2D eigenvalue weighted by Crippen LogP contribution is 2.20. The van der Waals surface area contributed by atoms with Gasteiger partial charge in [-0.1, -0.05) is 0 Å². The second-order valence-electron chi connectivity index (χ2n) is 5.99. The monoisotopic (exact) mass is 266 g/mol. The standard InChI is InChI=1S/C13H22N4O2/c1-13(2,3)19-12(18)16-8-4-11(5-9-16)10-17-14-6-7-15-17/h6-7,11H,4-5,8-10H2,1-3H3. The van der Waals surface area contributed by atoms with E-state index >= 15 is 0 Å². The van der Waals surface area contributed by atoms with Crippen LogP contribution in [0.1, 0.15) is 33.6 Å². The third-order valence-electron chi connectivity index (χ3n) is 3.15. The van der Waals surface area contributed by atoms with E-state index in [1.165, 1.54) is 0 Å². The molecule has 1 aromatic rings. The van der Waals surface area contributed by atoms with Gasteiger partial charge in [0.25, 0.3) is 0 Å². The van der Waals surface area contributed by atoms with E-state index in [0.29, 0.717) is 5.92 Å². The van der Waals surface area contributed by atoms with Crippen molar-refractivity contribution in [3.05, 3.63) is 12.4 Å². The Morgan fingerprint density at radius 2 is 1.84 bits per heavy atom. The Hall–Kier alpha value is -1.59. The molecular weight excluding hydrogens is 244 g/mol. The Kier molecular flexibility index (Phi) is 4.07. The average molecular weight is 266 g/mol. The first kappa shape index (κ1) is 13.8. The zero-order chi connectivity index (χ0) is 13.9. The number of aromatic nitrogens is 3. The van der Waals surface area contributed by atoms with Crippen LogP contribution in [0.4, 0.5) is 4.79 Å². The topological polar surface area (TPSA) is 60.2 Å². The Morgan fingerprint density at radius 1 is 1.26 bits per heavy atom. The minimum absolute atomic E-state index is 0.205. The van der Waals surface area contributed by atoms with Gasteiger partial charge in [0.15, 0.2) is 0 Å². The largest absolute Gasteiger partial charge is 0.444 e. The fraction of sp³-hybridized carbons (Fsp3) is 0.769. The molecule has 0 atom stereocenters. The lowest BCUT2D eigenvalue weighted by atomic mass is 9.97. The van der Waals surface area contributed by atoms with Crippen LogP contribution in [-0.2, 0) is 11.3 Å². The number of ether oxygens (including phenoxy) is 1. The van der Waals surface area contributed by atoms with Crippen molar-refractivity contribution < 1.29 is 9.53 Å². The van der Waals surface area contributed by atoms with E-state index < -0.39 is 5.60 Å². The summed E-state index contributed by atoms with van der Waals surface area (Å²) in [7, 11) is 0. The fourth-order valence-corrected chi connectivity index (χ4v) is 2.19. The second-order valence-corrected chi connectivity index (χ2v) is 5.99. The summed E-state index contributed by atoms with van der Waals surface area (Å²) in [4.78, 5) is 15.4. The number of nitrogens with zero attached hydrogens (tertiary/aromatic N) is 4. The van der Waals surface area contributed by atoms with Crippen LogP contribution in [0.5, 0.6) is 0 Å². The summed E-state index contributed by atoms with van der Waals surface area (Å²) >= 11 is 0. The van der Waals surface area contributed by atoms with Crippen LogP contribution in [-0.4, -0.2) is 44.7 Å². The zero-order valence-electron chi connectivity index (χ0n) is 11.9. The molecule has 0 saturated carbocycles. The van der Waals surface area contributed by atoms with Crippen LogP contribution < -0.4 is 0 Å². The van der Waals surface area contributed by atoms with Crippen molar-refractivity contribution in [3.63, 3.8) is 0 Å². The van der Waals surface area contributed by atoms with E-state index in [0.717, 1.165) is 32.5 Å². The molecule has 2 rings (SSSR count). The molecular formula is C13H22N4O2. The van der Waals surface area contributed by atoms with E-state index in [1.807, 2.05) is 20.8 Å². The lowest BCUT2D eigenvalue weighted by Crippen LogP contribution is -2.42. The van der Waals surface area contributed by atoms with Gasteiger partial charge in [-0.3, -0.25) is 0 Å². The van der Waals surface area contributed by atoms with E-state index in [1.54, 1.807) is 22.1 Å². The minimum Gasteiger partial charge on any atom is -0.444 e. The molecule has 0 aliphatic carbocycles. The van der Waals surface area contributed by atoms with Gasteiger partial charge in [-0.25, -0.2) is 4.79 Å². The Morgan fingerprint density at radius 3 is 2.37 bits per heavy atom. The number of carbonyl (C=O) groups excluding carboxylic acids is 1. The molecule has 1 saturated heterocycles. The zero-order valence-corrected chi connectivity index (χ0v) is 11.9. The van der Waals surface area contributed by atoms with Crippen molar-refractivity contribution in [3.8, 4) is 0 Å². The number of hydrogen-bond donors (Lipinski definition) is 0. The Labute approximate surface area is 113 Å². The Bertz CT molecular complexity index is 403. The number of hydrogen-bond acceptors (Lipinski definition) is 4. The molecule has 1 amide bonds. The van der Waals surface area contributed by atoms with Gasteiger partial charge in [0.05, 0.1) is 18.9 Å². The lowest BCUT2D eigenvalue weighted by Gasteiger charge is -2.33. The first-order valence-corrected chi connectivity index (χ1v) is 6.76. The summed E-state index contributed by atoms with van der Waals surface area (Å²) in [6.45, 7) is 8.00. The van der Waals surface area contributed by atoms with Crippen LogP contribution in [0.3, 0.4) is 0 Å². The predicted octanol–water partition coefficient (Wildman–Crippen LogP) is 1.93. The molecule has 1 aromatic heterocycles. The highest BCUT2D eigenvalue weighted by atomic mass is 16.6. The highest BCUT2D eigenvalue weighted by Gasteiger charge is 2.27. The summed E-state index contributed by atoms with van der Waals surface area (Å²) in [5.41, 5.74) is -0.424. The average Bonchev–Trinajstić information content (AvgIpc) is 2.80. The number of carbonyl (C=O) groups is 1. The van der Waals surface area contributed by atoms with E-state index in [4.69, 9.17) is 4.74 Å². The van der Waals surface area contributed by atoms with E-state index in [-0.39, 0.29) is 6.09 Å². The predicted molar refractivity (Wildman–Crippen MR) is 70.6 cm³/mol. The maximum atomic E-state index is 11.9. The van der Waals surface area contributed by atoms with Crippen molar-refractivity contribution in [2.24, 2.45) is 5.92 Å². The summed E-state index contributed by atoms with van der Waals surface area (Å²) in [5, 5.41) is 8.23. The van der Waals surface area contributed by atoms with Crippen molar-refractivity contribution in [2.45, 2.75) is 45.8 Å². The van der Waals surface area contributed by atoms with Crippen molar-refractivity contribution >= 4 is 6.09 Å². The van der Waals surface area contributed by atoms with E-state index in [9.17, 15) is 4.79 Å². The summed E-state index contributed by atoms with van der Waals surface area (Å²) < 4.78 is 5.38. The van der Waals surface area contributed by atoms with Crippen molar-refractivity contribution in [2.75, 3.05) is 13.1 Å². The number of rotatable bonds is 2. The molecule has 19 heavy (non-hydrogen) atoms. The van der Waals surface area contributed by atoms with Crippen LogP contribution in [0.2, 0.25) is 0 Å². The summed E-state index contributed by atoms with van der Waals surface area (Å²) in [5.74, 6) is 0.533. The molecule has 1 aliphatic rings. The third kappa shape index (κ3) is 4.22. The molecule has 0 aromatic carbocycles. The quantitative estimate of drug-likeness (QED) is 0.820. The van der Waals surface area contributed by atoms with Gasteiger partial charge in [0, 0.05) is 13.1 Å².